The lowest BCUT2D eigenvalue weighted by atomic mass is 10.2. The van der Waals surface area contributed by atoms with E-state index in [1.807, 2.05) is 29.0 Å². The number of amides is 2. The molecule has 17 N–H and O–H groups in total. The van der Waals surface area contributed by atoms with Crippen molar-refractivity contribution in [3.05, 3.63) is 0 Å². The van der Waals surface area contributed by atoms with Crippen LogP contribution in [0, 0.1) is 5.92 Å². The first-order valence-electron chi connectivity index (χ1n) is 37.3. The summed E-state index contributed by atoms with van der Waals surface area (Å²) in [6.07, 6.45) is 0. The molecule has 0 unspecified atom stereocenters. The van der Waals surface area contributed by atoms with Gasteiger partial charge in [-0.2, -0.15) is 0 Å². The topological polar surface area (TPSA) is 540 Å². The van der Waals surface area contributed by atoms with Gasteiger partial charge in [0.05, 0.1) is 45.8 Å². The van der Waals surface area contributed by atoms with E-state index in [0.29, 0.717) is 19.0 Å². The molecule has 0 saturated heterocycles. The molecule has 0 aromatic heterocycles. The molecule has 0 radical (unpaired) electrons. The number of carbonyl (C=O) groups excluding carboxylic acids is 2. The lowest BCUT2D eigenvalue weighted by Gasteiger charge is -2.28. The van der Waals surface area contributed by atoms with Crippen molar-refractivity contribution in [2.24, 2.45) is 11.7 Å². The minimum Gasteiger partial charge on any atom is -0.480 e. The van der Waals surface area contributed by atoms with Gasteiger partial charge in [-0.05, 0) is 97.5 Å². The maximum absolute atomic E-state index is 12.2. The van der Waals surface area contributed by atoms with Crippen molar-refractivity contribution >= 4 is 72.0 Å². The average Bonchev–Trinajstić information content (AvgIpc) is 0.837. The maximum Gasteiger partial charge on any atom is 0.342 e. The zero-order valence-electron chi connectivity index (χ0n) is 68.2. The van der Waals surface area contributed by atoms with Crippen molar-refractivity contribution < 1.29 is 121 Å². The van der Waals surface area contributed by atoms with Crippen molar-refractivity contribution in [3.8, 4) is 0 Å². The Labute approximate surface area is 650 Å². The van der Waals surface area contributed by atoms with Crippen LogP contribution in [0.4, 0.5) is 4.72 Å². The van der Waals surface area contributed by atoms with Crippen LogP contribution in [-0.4, -0.2) is 433 Å². The van der Waals surface area contributed by atoms with Gasteiger partial charge in [0.2, 0.25) is 11.8 Å². The highest BCUT2D eigenvalue weighted by atomic mass is 31.2. The lowest BCUT2D eigenvalue weighted by Crippen LogP contribution is -2.47. The van der Waals surface area contributed by atoms with Gasteiger partial charge in [-0.3, -0.25) is 81.0 Å². The van der Waals surface area contributed by atoms with E-state index in [0.717, 1.165) is 108 Å². The third-order valence-electron chi connectivity index (χ3n) is 17.2. The first kappa shape index (κ1) is 116. The van der Waals surface area contributed by atoms with Crippen LogP contribution in [0.5, 0.6) is 0 Å². The Balaban J connectivity index is -0.000000259. The fraction of sp³-hybridized carbons (Fsp3) is 0.892. The fourth-order valence-corrected chi connectivity index (χ4v) is 14.3. The highest BCUT2D eigenvalue weighted by Crippen LogP contribution is 2.60. The molecule has 0 saturated carbocycles. The molecule has 0 heterocycles. The van der Waals surface area contributed by atoms with Gasteiger partial charge in [-0.15, -0.1) is 0 Å². The standard InChI is InChI=1S/C16H30N4O15P2.C16H38N4O7P2.C14H31N3O2.C14H33N3.C4H11N.CH4.FH/c21-11(17-5-16(36(30,31)32)37(33,34)35)6-19(8-13(24)25)3-1-18(7-12(22)23)2-4-20(9-14(26)27)10-15(28)29;1-5-18(6-2)9-10-19(7-3)11-12-20(8-4)14-15(21)17-13-16(28(22,23)24)29(25,26)27;1-5-15(6-2)9-10-16(7-3)11-12-17(8-4)13-14(18)19;1-6-15(7-2)11-13-17(10-5)14-12-16(8-3)9-4;1-4(2)3-5;;/h16H,1-10H2,(H,17,21)(H,22,23)(H,24,25)(H,26,27)(H,28,29)(H2,30,31,32)(H2,33,34,35);16H,5-14H2,1-4H3,(H,17,21)(H2,22,23,24)(H2,25,26,27);5-13H2,1-4H3,(H,18,19);6-14H2,1-5H3;4H,3,5H2,1-2H3;1H4;1H/i/hT. The van der Waals surface area contributed by atoms with E-state index in [1.54, 1.807) is 0 Å². The largest absolute Gasteiger partial charge is 0.480 e. The van der Waals surface area contributed by atoms with E-state index < -0.39 is 129 Å². The zero-order valence-corrected chi connectivity index (χ0v) is 70.8. The van der Waals surface area contributed by atoms with Crippen molar-refractivity contribution in [2.75, 3.05) is 255 Å². The number of aliphatic carboxylic acids is 5. The smallest absolute Gasteiger partial charge is 0.342 e. The first-order valence-corrected chi connectivity index (χ1v) is 43.7. The monoisotopic (exact) mass is 1670 g/mol. The van der Waals surface area contributed by atoms with E-state index in [4.69, 9.17) is 75.1 Å². The molecule has 2 amide bonds. The second-order valence-corrected chi connectivity index (χ2v) is 33.4. The summed E-state index contributed by atoms with van der Waals surface area (Å²) in [6.45, 7) is 52.6. The summed E-state index contributed by atoms with van der Waals surface area (Å²) < 4.78 is 58.1. The molecule has 0 aliphatic carbocycles. The summed E-state index contributed by atoms with van der Waals surface area (Å²) in [7, 11) is -20.7. The Bertz CT molecular complexity index is 2490. The van der Waals surface area contributed by atoms with Crippen LogP contribution >= 0.6 is 30.4 Å². The second kappa shape index (κ2) is 68.7. The summed E-state index contributed by atoms with van der Waals surface area (Å²) in [6, 6.07) is 0. The summed E-state index contributed by atoms with van der Waals surface area (Å²) in [5, 5.41) is 44.2. The molecule has 0 aromatic carbocycles. The van der Waals surface area contributed by atoms with Gasteiger partial charge in [-0.1, -0.05) is 111 Å². The number of carbonyl (C=O) groups is 7. The molecule has 0 bridgehead atoms. The highest BCUT2D eigenvalue weighted by molar-refractivity contribution is 7.71. The molecule has 0 aliphatic heterocycles. The predicted molar refractivity (Wildman–Crippen MR) is 424 cm³/mol. The van der Waals surface area contributed by atoms with Crippen LogP contribution in [0.2, 0.25) is 0 Å². The molecule has 44 heteroatoms. The summed E-state index contributed by atoms with van der Waals surface area (Å²) in [5.41, 5.74) is 5.17. The van der Waals surface area contributed by atoms with Crippen LogP contribution in [-0.2, 0) is 51.8 Å². The molecule has 654 valence electrons. The van der Waals surface area contributed by atoms with Gasteiger partial charge in [0.15, 0.2) is 10.8 Å². The first-order chi connectivity index (χ1) is 50.7. The third-order valence-corrected chi connectivity index (χ3v) is 24.6. The van der Waals surface area contributed by atoms with E-state index in [2.05, 4.69) is 131 Å². The number of halogens is 1. The Morgan fingerprint density at radius 2 is 0.450 bits per heavy atom. The molecule has 109 heavy (non-hydrogen) atoms. The number of carboxylic acids is 5. The fourth-order valence-electron chi connectivity index (χ4n) is 9.85. The van der Waals surface area contributed by atoms with E-state index >= 15 is 0 Å². The quantitative estimate of drug-likeness (QED) is 0.0363. The summed E-state index contributed by atoms with van der Waals surface area (Å²) >= 11 is 0. The van der Waals surface area contributed by atoms with Gasteiger partial charge in [-0.25, -0.2) is 0 Å². The number of nitrogens with one attached hydrogen (secondary N) is 2. The van der Waals surface area contributed by atoms with Gasteiger partial charge in [0.1, 0.15) is 0 Å². The van der Waals surface area contributed by atoms with Gasteiger partial charge in [0.25, 0.3) is 1.45 Å². The Morgan fingerprint density at radius 3 is 0.642 bits per heavy atom. The maximum atomic E-state index is 12.2. The molecule has 0 spiro atoms. The number of hydrogen-bond donors (Lipinski definition) is 16. The zero-order chi connectivity index (χ0) is 85.7. The number of rotatable bonds is 60. The average molecular weight is 1670 g/mol. The number of nitrogens with two attached hydrogens (primary N) is 1. The molecule has 0 fully saturated rings. The molecule has 0 rings (SSSR count). The summed E-state index contributed by atoms with van der Waals surface area (Å²) in [4.78, 5) is 176. The molecule has 39 nitrogen and oxygen atoms in total. The molecule has 0 atom stereocenters. The van der Waals surface area contributed by atoms with E-state index in [9.17, 15) is 51.8 Å². The van der Waals surface area contributed by atoms with Crippen molar-refractivity contribution in [1.82, 2.24) is 69.4 Å². The normalized spacial score (nSPS) is 12.1. The van der Waals surface area contributed by atoms with Crippen LogP contribution in [0.25, 0.3) is 0 Å². The third kappa shape index (κ3) is 68.4. The van der Waals surface area contributed by atoms with Crippen LogP contribution in [0.3, 0.4) is 0 Å². The summed E-state index contributed by atoms with van der Waals surface area (Å²) in [5.74, 6) is -6.98. The van der Waals surface area contributed by atoms with Gasteiger partial charge < -0.3 is 115 Å². The molecule has 0 aliphatic rings. The minimum absolute atomic E-state index is 0. The predicted octanol–water partition coefficient (Wildman–Crippen LogP) is 0.236. The van der Waals surface area contributed by atoms with Crippen molar-refractivity contribution in [2.45, 2.75) is 122 Å². The Kier molecular flexibility index (Phi) is 73.2. The molecular weight excluding hydrogens is 1520 g/mol. The number of carboxylic acid groups (broad SMARTS) is 5. The molecular formula is C65H148FN15O24P4. The van der Waals surface area contributed by atoms with Crippen molar-refractivity contribution in [1.29, 1.82) is 1.45 Å². The minimum atomic E-state index is -5.31. The van der Waals surface area contributed by atoms with E-state index in [1.165, 1.54) is 63.8 Å². The number of nitrogens with zero attached hydrogens (tertiary/aromatic N) is 12. The highest BCUT2D eigenvalue weighted by Gasteiger charge is 2.44. The Morgan fingerprint density at radius 1 is 0.303 bits per heavy atom. The van der Waals surface area contributed by atoms with E-state index in [-0.39, 0.29) is 46.7 Å². The molecule has 0 aromatic rings. The lowest BCUT2D eigenvalue weighted by molar-refractivity contribution is -0.143. The SMILES string of the molecule is C.CC(C)CN.CCN(CC)CCN(CC)CCN(CC)CC.CCN(CC)CCN(CC)CCN(CC)CC(=O)NCC(P(=O)(O)O)P(=O)(O)O.CCN(CC)CCN(CC)CCN(CC)CC(=O)O.O=C(O)CN(CCN(CC(=O)O)CC(=O)O)CCN(CC(=O)O)CC(=O)NCC(P(=O)(O)O)P(=O)(O)O.[3H]F. The van der Waals surface area contributed by atoms with Crippen LogP contribution < -0.4 is 16.4 Å². The number of likely N-dealkylation sites (N-methyl/N-ethyl adjacent to an activating group) is 9. The van der Waals surface area contributed by atoms with Crippen LogP contribution in [0.15, 0.2) is 0 Å². The number of hydrogen-bond acceptors (Lipinski definition) is 24. The Hall–Kier alpha value is -3.70. The van der Waals surface area contributed by atoms with Crippen LogP contribution in [0.1, 0.15) is 111 Å². The van der Waals surface area contributed by atoms with Gasteiger partial charge in [0, 0.05) is 118 Å². The van der Waals surface area contributed by atoms with Crippen molar-refractivity contribution in [3.63, 3.8) is 0 Å². The second-order valence-electron chi connectivity index (χ2n) is 25.4. The van der Waals surface area contributed by atoms with Gasteiger partial charge >= 0.3 is 60.2 Å².